The summed E-state index contributed by atoms with van der Waals surface area (Å²) < 4.78 is 0. The lowest BCUT2D eigenvalue weighted by atomic mass is 9.99. The molecule has 0 aromatic heterocycles. The van der Waals surface area contributed by atoms with Gasteiger partial charge in [0.25, 0.3) is 0 Å². The highest BCUT2D eigenvalue weighted by molar-refractivity contribution is 5.70. The van der Waals surface area contributed by atoms with Crippen molar-refractivity contribution >= 4 is 5.97 Å². The predicted molar refractivity (Wildman–Crippen MR) is 65.6 cm³/mol. The van der Waals surface area contributed by atoms with Crippen molar-refractivity contribution in [3.05, 3.63) is 35.4 Å². The van der Waals surface area contributed by atoms with Crippen LogP contribution in [0.25, 0.3) is 0 Å². The Bertz CT molecular complexity index is 331. The summed E-state index contributed by atoms with van der Waals surface area (Å²) >= 11 is 0. The number of benzene rings is 1. The zero-order valence-electron chi connectivity index (χ0n) is 9.91. The van der Waals surface area contributed by atoms with Gasteiger partial charge in [0.05, 0.1) is 6.42 Å². The average Bonchev–Trinajstić information content (AvgIpc) is 2.26. The maximum absolute atomic E-state index is 10.7. The molecule has 88 valence electrons. The van der Waals surface area contributed by atoms with E-state index >= 15 is 0 Å². The third kappa shape index (κ3) is 4.47. The van der Waals surface area contributed by atoms with Crippen LogP contribution in [0.2, 0.25) is 0 Å². The molecule has 0 fully saturated rings. The van der Waals surface area contributed by atoms with Crippen molar-refractivity contribution in [2.45, 2.75) is 45.4 Å². The summed E-state index contributed by atoms with van der Waals surface area (Å²) in [6, 6.07) is 7.86. The average molecular weight is 220 g/mol. The molecule has 0 amide bonds. The Morgan fingerprint density at radius 2 is 1.81 bits per heavy atom. The van der Waals surface area contributed by atoms with Crippen LogP contribution in [0.3, 0.4) is 0 Å². The lowest BCUT2D eigenvalue weighted by Crippen LogP contribution is -2.03. The predicted octanol–water partition coefficient (Wildman–Crippen LogP) is 3.44. The van der Waals surface area contributed by atoms with Crippen LogP contribution in [0.5, 0.6) is 0 Å². The maximum atomic E-state index is 10.7. The van der Waals surface area contributed by atoms with Crippen molar-refractivity contribution in [2.24, 2.45) is 0 Å². The minimum Gasteiger partial charge on any atom is -0.481 e. The van der Waals surface area contributed by atoms with Crippen LogP contribution in [-0.4, -0.2) is 11.1 Å². The number of hydrogen-bond donors (Lipinski definition) is 1. The Hall–Kier alpha value is -1.31. The van der Waals surface area contributed by atoms with Crippen molar-refractivity contribution < 1.29 is 9.90 Å². The normalized spacial score (nSPS) is 10.3. The lowest BCUT2D eigenvalue weighted by Gasteiger charge is -2.07. The van der Waals surface area contributed by atoms with Gasteiger partial charge in [-0.15, -0.1) is 0 Å². The number of rotatable bonds is 7. The quantitative estimate of drug-likeness (QED) is 0.715. The van der Waals surface area contributed by atoms with Gasteiger partial charge in [0.1, 0.15) is 0 Å². The van der Waals surface area contributed by atoms with Gasteiger partial charge in [-0.2, -0.15) is 0 Å². The Kier molecular flexibility index (Phi) is 5.62. The highest BCUT2D eigenvalue weighted by Gasteiger charge is 2.05. The highest BCUT2D eigenvalue weighted by Crippen LogP contribution is 2.14. The molecule has 0 aliphatic rings. The van der Waals surface area contributed by atoms with E-state index in [0.717, 1.165) is 18.4 Å². The smallest absolute Gasteiger partial charge is 0.307 e. The van der Waals surface area contributed by atoms with Gasteiger partial charge in [0.15, 0.2) is 0 Å². The standard InChI is InChI=1S/C14H20O2/c1-2-3-4-5-8-12-9-6-7-10-13(12)11-14(15)16/h6-7,9-10H,2-5,8,11H2,1H3,(H,15,16). The summed E-state index contributed by atoms with van der Waals surface area (Å²) in [6.45, 7) is 2.19. The number of hydrogen-bond acceptors (Lipinski definition) is 1. The topological polar surface area (TPSA) is 37.3 Å². The third-order valence-corrected chi connectivity index (χ3v) is 2.76. The first-order chi connectivity index (χ1) is 7.74. The fourth-order valence-corrected chi connectivity index (χ4v) is 1.88. The van der Waals surface area contributed by atoms with E-state index in [9.17, 15) is 4.79 Å². The van der Waals surface area contributed by atoms with Crippen molar-refractivity contribution in [3.8, 4) is 0 Å². The first-order valence-electron chi connectivity index (χ1n) is 6.02. The molecule has 1 rings (SSSR count). The van der Waals surface area contributed by atoms with Gasteiger partial charge in [-0.1, -0.05) is 50.5 Å². The van der Waals surface area contributed by atoms with Crippen LogP contribution in [0.4, 0.5) is 0 Å². The Morgan fingerprint density at radius 1 is 1.12 bits per heavy atom. The molecule has 0 atom stereocenters. The molecule has 1 N–H and O–H groups in total. The van der Waals surface area contributed by atoms with Crippen LogP contribution in [0.15, 0.2) is 24.3 Å². The molecule has 0 aliphatic heterocycles. The van der Waals surface area contributed by atoms with Gasteiger partial charge >= 0.3 is 5.97 Å². The van der Waals surface area contributed by atoms with E-state index in [-0.39, 0.29) is 6.42 Å². The Balaban J connectivity index is 2.53. The summed E-state index contributed by atoms with van der Waals surface area (Å²) in [5, 5.41) is 8.80. The van der Waals surface area contributed by atoms with Gasteiger partial charge in [-0.25, -0.2) is 0 Å². The number of carbonyl (C=O) groups is 1. The van der Waals surface area contributed by atoms with Crippen LogP contribution in [0.1, 0.15) is 43.7 Å². The SMILES string of the molecule is CCCCCCc1ccccc1CC(=O)O. The summed E-state index contributed by atoms with van der Waals surface area (Å²) in [5.74, 6) is -0.749. The number of carboxylic acids is 1. The number of aliphatic carboxylic acids is 1. The molecule has 0 aliphatic carbocycles. The minimum atomic E-state index is -0.749. The van der Waals surface area contributed by atoms with Crippen molar-refractivity contribution in [1.82, 2.24) is 0 Å². The molecule has 2 heteroatoms. The molecule has 0 radical (unpaired) electrons. The fourth-order valence-electron chi connectivity index (χ4n) is 1.88. The summed E-state index contributed by atoms with van der Waals surface area (Å²) in [7, 11) is 0. The van der Waals surface area contributed by atoms with Crippen LogP contribution >= 0.6 is 0 Å². The van der Waals surface area contributed by atoms with Crippen LogP contribution in [0, 0.1) is 0 Å². The molecule has 1 aromatic carbocycles. The Morgan fingerprint density at radius 3 is 2.44 bits per heavy atom. The molecule has 16 heavy (non-hydrogen) atoms. The molecule has 0 bridgehead atoms. The maximum Gasteiger partial charge on any atom is 0.307 e. The second-order valence-electron chi connectivity index (χ2n) is 4.15. The van der Waals surface area contributed by atoms with E-state index in [1.807, 2.05) is 24.3 Å². The number of unbranched alkanes of at least 4 members (excludes halogenated alkanes) is 3. The molecule has 0 unspecified atom stereocenters. The molecular weight excluding hydrogens is 200 g/mol. The molecule has 0 heterocycles. The van der Waals surface area contributed by atoms with Gasteiger partial charge in [0.2, 0.25) is 0 Å². The van der Waals surface area contributed by atoms with E-state index in [1.165, 1.54) is 24.8 Å². The van der Waals surface area contributed by atoms with Gasteiger partial charge < -0.3 is 5.11 Å². The monoisotopic (exact) mass is 220 g/mol. The van der Waals surface area contributed by atoms with Gasteiger partial charge in [0, 0.05) is 0 Å². The zero-order valence-corrected chi connectivity index (χ0v) is 9.91. The largest absolute Gasteiger partial charge is 0.481 e. The molecule has 2 nitrogen and oxygen atoms in total. The highest BCUT2D eigenvalue weighted by atomic mass is 16.4. The first kappa shape index (κ1) is 12.8. The van der Waals surface area contributed by atoms with E-state index in [0.29, 0.717) is 0 Å². The molecule has 0 saturated carbocycles. The summed E-state index contributed by atoms with van der Waals surface area (Å²) in [4.78, 5) is 10.7. The number of aryl methyl sites for hydroxylation is 1. The third-order valence-electron chi connectivity index (χ3n) is 2.76. The fraction of sp³-hybridized carbons (Fsp3) is 0.500. The molecule has 1 aromatic rings. The first-order valence-corrected chi connectivity index (χ1v) is 6.02. The molecule has 0 saturated heterocycles. The Labute approximate surface area is 97.3 Å². The second kappa shape index (κ2) is 7.04. The summed E-state index contributed by atoms with van der Waals surface area (Å²) in [5.41, 5.74) is 2.16. The molecular formula is C14H20O2. The van der Waals surface area contributed by atoms with E-state index in [1.54, 1.807) is 0 Å². The van der Waals surface area contributed by atoms with Crippen molar-refractivity contribution in [3.63, 3.8) is 0 Å². The van der Waals surface area contributed by atoms with Crippen molar-refractivity contribution in [1.29, 1.82) is 0 Å². The summed E-state index contributed by atoms with van der Waals surface area (Å²) in [6.07, 6.45) is 6.04. The van der Waals surface area contributed by atoms with E-state index in [2.05, 4.69) is 6.92 Å². The van der Waals surface area contributed by atoms with Crippen molar-refractivity contribution in [2.75, 3.05) is 0 Å². The van der Waals surface area contributed by atoms with Gasteiger partial charge in [-0.3, -0.25) is 4.79 Å². The number of carboxylic acid groups (broad SMARTS) is 1. The van der Waals surface area contributed by atoms with Gasteiger partial charge in [-0.05, 0) is 24.0 Å². The minimum absolute atomic E-state index is 0.143. The van der Waals surface area contributed by atoms with E-state index in [4.69, 9.17) is 5.11 Å². The second-order valence-corrected chi connectivity index (χ2v) is 4.15. The lowest BCUT2D eigenvalue weighted by molar-refractivity contribution is -0.136. The molecule has 0 spiro atoms. The van der Waals surface area contributed by atoms with E-state index < -0.39 is 5.97 Å². The van der Waals surface area contributed by atoms with Crippen LogP contribution < -0.4 is 0 Å². The van der Waals surface area contributed by atoms with Crippen LogP contribution in [-0.2, 0) is 17.6 Å². The zero-order chi connectivity index (χ0) is 11.8.